The monoisotopic (exact) mass is 502 g/mol. The minimum absolute atomic E-state index is 0.0629. The van der Waals surface area contributed by atoms with Gasteiger partial charge in [0, 0.05) is 9.58 Å². The third kappa shape index (κ3) is 5.03. The zero-order chi connectivity index (χ0) is 24.2. The van der Waals surface area contributed by atoms with E-state index in [4.69, 9.17) is 9.47 Å². The number of hydrogen-bond acceptors (Lipinski definition) is 8. The fourth-order valence-corrected chi connectivity index (χ4v) is 5.91. The predicted molar refractivity (Wildman–Crippen MR) is 140 cm³/mol. The molecule has 0 bridgehead atoms. The van der Waals surface area contributed by atoms with Crippen molar-refractivity contribution in [1.82, 2.24) is 4.98 Å². The van der Waals surface area contributed by atoms with Crippen molar-refractivity contribution in [3.63, 3.8) is 0 Å². The number of methoxy groups -OCH3 is 1. The van der Waals surface area contributed by atoms with Crippen molar-refractivity contribution >= 4 is 60.0 Å². The molecule has 1 N–H and O–H groups in total. The number of ether oxygens (including phenoxy) is 2. The molecule has 0 amide bonds. The molecular formula is C27H22N2O4S2. The molecule has 6 nitrogen and oxygen atoms in total. The number of anilines is 1. The van der Waals surface area contributed by atoms with E-state index in [0.717, 1.165) is 30.7 Å². The van der Waals surface area contributed by atoms with Crippen LogP contribution in [0, 0.1) is 5.92 Å². The van der Waals surface area contributed by atoms with Crippen LogP contribution >= 0.6 is 22.7 Å². The van der Waals surface area contributed by atoms with Crippen LogP contribution in [0.3, 0.4) is 0 Å². The minimum atomic E-state index is -1.22. The lowest BCUT2D eigenvalue weighted by Gasteiger charge is -2.24. The van der Waals surface area contributed by atoms with Gasteiger partial charge >= 0.3 is 11.9 Å². The summed E-state index contributed by atoms with van der Waals surface area (Å²) < 4.78 is 12.7. The normalized spacial score (nSPS) is 12.8. The van der Waals surface area contributed by atoms with Gasteiger partial charge in [-0.05, 0) is 35.2 Å². The smallest absolute Gasteiger partial charge is 0.323 e. The average Bonchev–Trinajstić information content (AvgIpc) is 3.51. The second-order valence-electron chi connectivity index (χ2n) is 7.89. The molecular weight excluding hydrogens is 480 g/mol. The summed E-state index contributed by atoms with van der Waals surface area (Å²) in [5, 5.41) is 5.00. The summed E-state index contributed by atoms with van der Waals surface area (Å²) in [5.74, 6) is -2.54. The van der Waals surface area contributed by atoms with Gasteiger partial charge in [-0.1, -0.05) is 72.0 Å². The second kappa shape index (κ2) is 10.2. The molecule has 0 aliphatic heterocycles. The highest BCUT2D eigenvalue weighted by molar-refractivity contribution is 7.22. The third-order valence-corrected chi connectivity index (χ3v) is 7.76. The third-order valence-electron chi connectivity index (χ3n) is 5.59. The fraction of sp³-hybridized carbons (Fsp3) is 0.148. The number of carbonyl (C=O) groups excluding carboxylic acids is 2. The highest BCUT2D eigenvalue weighted by atomic mass is 32.1. The van der Waals surface area contributed by atoms with Crippen molar-refractivity contribution in [2.45, 2.75) is 12.6 Å². The maximum atomic E-state index is 13.3. The van der Waals surface area contributed by atoms with Gasteiger partial charge in [0.2, 0.25) is 0 Å². The highest BCUT2D eigenvalue weighted by Gasteiger charge is 2.40. The van der Waals surface area contributed by atoms with Crippen molar-refractivity contribution < 1.29 is 19.1 Å². The number of para-hydroxylation sites is 1. The lowest BCUT2D eigenvalue weighted by Crippen LogP contribution is -2.36. The van der Waals surface area contributed by atoms with Crippen molar-refractivity contribution in [2.24, 2.45) is 5.92 Å². The number of thiophene rings is 1. The summed E-state index contributed by atoms with van der Waals surface area (Å²) in [6.45, 7) is 0.0629. The topological polar surface area (TPSA) is 77.5 Å². The number of aromatic nitrogens is 1. The summed E-state index contributed by atoms with van der Waals surface area (Å²) in [6, 6.07) is 26.4. The van der Waals surface area contributed by atoms with Gasteiger partial charge in [0.05, 0.1) is 23.4 Å². The molecule has 8 heteroatoms. The van der Waals surface area contributed by atoms with Crippen LogP contribution in [0.25, 0.3) is 20.3 Å². The van der Waals surface area contributed by atoms with E-state index < -0.39 is 23.9 Å². The molecule has 0 fully saturated rings. The van der Waals surface area contributed by atoms with Crippen molar-refractivity contribution in [1.29, 1.82) is 0 Å². The van der Waals surface area contributed by atoms with Gasteiger partial charge in [-0.15, -0.1) is 11.3 Å². The molecule has 0 saturated heterocycles. The second-order valence-corrected chi connectivity index (χ2v) is 10.0. The highest BCUT2D eigenvalue weighted by Crippen LogP contribution is 2.38. The Morgan fingerprint density at radius 1 is 0.886 bits per heavy atom. The largest absolute Gasteiger partial charge is 0.468 e. The molecule has 2 atom stereocenters. The standard InChI is InChI=1S/C27H22N2O4S2/c1-32-25(30)23(26(31)33-16-17-9-3-2-4-10-17)24(22-15-18-11-5-7-13-20(18)34-22)29-27-28-19-12-6-8-14-21(19)35-27/h2-15,23-24H,16H2,1H3,(H,28,29)/t23?,24-/m1/s1. The van der Waals surface area contributed by atoms with Gasteiger partial charge in [-0.25, -0.2) is 4.98 Å². The van der Waals surface area contributed by atoms with E-state index in [1.165, 1.54) is 29.8 Å². The van der Waals surface area contributed by atoms with Gasteiger partial charge in [0.1, 0.15) is 6.61 Å². The van der Waals surface area contributed by atoms with E-state index in [-0.39, 0.29) is 6.61 Å². The molecule has 0 radical (unpaired) electrons. The Balaban J connectivity index is 1.52. The number of nitrogens with one attached hydrogen (secondary N) is 1. The van der Waals surface area contributed by atoms with E-state index in [9.17, 15) is 9.59 Å². The van der Waals surface area contributed by atoms with Crippen molar-refractivity contribution in [2.75, 3.05) is 12.4 Å². The maximum absolute atomic E-state index is 13.3. The Morgan fingerprint density at radius 3 is 2.34 bits per heavy atom. The fourth-order valence-electron chi connectivity index (χ4n) is 3.86. The number of thiazole rings is 1. The molecule has 176 valence electrons. The first-order chi connectivity index (χ1) is 17.1. The van der Waals surface area contributed by atoms with Crippen LogP contribution in [-0.4, -0.2) is 24.0 Å². The Labute approximate surface area is 210 Å². The van der Waals surface area contributed by atoms with Gasteiger partial charge in [0.15, 0.2) is 11.0 Å². The van der Waals surface area contributed by atoms with Gasteiger partial charge in [0.25, 0.3) is 0 Å². The van der Waals surface area contributed by atoms with E-state index in [0.29, 0.717) is 5.13 Å². The molecule has 0 aliphatic carbocycles. The first-order valence-electron chi connectivity index (χ1n) is 11.0. The Bertz CT molecular complexity index is 1410. The number of esters is 2. The number of fused-ring (bicyclic) bond motifs is 2. The van der Waals surface area contributed by atoms with Gasteiger partial charge in [-0.3, -0.25) is 9.59 Å². The zero-order valence-electron chi connectivity index (χ0n) is 18.8. The quantitative estimate of drug-likeness (QED) is 0.201. The van der Waals surface area contributed by atoms with Crippen LogP contribution in [0.1, 0.15) is 16.5 Å². The lowest BCUT2D eigenvalue weighted by molar-refractivity contribution is -0.162. The van der Waals surface area contributed by atoms with Gasteiger partial charge in [-0.2, -0.15) is 0 Å². The van der Waals surface area contributed by atoms with Crippen LogP contribution in [0.15, 0.2) is 84.9 Å². The maximum Gasteiger partial charge on any atom is 0.323 e. The molecule has 5 rings (SSSR count). The number of carbonyl (C=O) groups is 2. The summed E-state index contributed by atoms with van der Waals surface area (Å²) >= 11 is 2.98. The summed E-state index contributed by atoms with van der Waals surface area (Å²) in [6.07, 6.45) is 0. The van der Waals surface area contributed by atoms with Crippen LogP contribution in [-0.2, 0) is 25.7 Å². The minimum Gasteiger partial charge on any atom is -0.468 e. The molecule has 5 aromatic rings. The molecule has 2 aromatic heterocycles. The summed E-state index contributed by atoms with van der Waals surface area (Å²) in [4.78, 5) is 31.8. The summed E-state index contributed by atoms with van der Waals surface area (Å²) in [7, 11) is 1.28. The predicted octanol–water partition coefficient (Wildman–Crippen LogP) is 6.20. The first-order valence-corrected chi connectivity index (χ1v) is 12.6. The number of hydrogen-bond donors (Lipinski definition) is 1. The van der Waals surface area contributed by atoms with E-state index in [2.05, 4.69) is 10.3 Å². The van der Waals surface area contributed by atoms with Crippen LogP contribution in [0.5, 0.6) is 0 Å². The van der Waals surface area contributed by atoms with Crippen molar-refractivity contribution in [3.8, 4) is 0 Å². The molecule has 0 spiro atoms. The molecule has 1 unspecified atom stereocenters. The molecule has 3 aromatic carbocycles. The molecule has 35 heavy (non-hydrogen) atoms. The zero-order valence-corrected chi connectivity index (χ0v) is 20.5. The average molecular weight is 503 g/mol. The first kappa shape index (κ1) is 23.0. The number of benzene rings is 3. The van der Waals surface area contributed by atoms with Gasteiger partial charge < -0.3 is 14.8 Å². The van der Waals surface area contributed by atoms with Crippen LogP contribution < -0.4 is 5.32 Å². The Hall–Kier alpha value is -3.75. The van der Waals surface area contributed by atoms with Crippen LogP contribution in [0.2, 0.25) is 0 Å². The Kier molecular flexibility index (Phi) is 6.74. The molecule has 0 saturated carbocycles. The SMILES string of the molecule is COC(=O)C(C(=O)OCc1ccccc1)[C@H](Nc1nc2ccccc2s1)c1cc2ccccc2s1. The molecule has 2 heterocycles. The lowest BCUT2D eigenvalue weighted by atomic mass is 9.98. The molecule has 0 aliphatic rings. The van der Waals surface area contributed by atoms with Crippen molar-refractivity contribution in [3.05, 3.63) is 95.4 Å². The summed E-state index contributed by atoms with van der Waals surface area (Å²) in [5.41, 5.74) is 1.68. The number of nitrogens with zero attached hydrogens (tertiary/aromatic N) is 1. The number of rotatable bonds is 8. The van der Waals surface area contributed by atoms with E-state index >= 15 is 0 Å². The van der Waals surface area contributed by atoms with E-state index in [1.807, 2.05) is 84.9 Å². The van der Waals surface area contributed by atoms with Crippen LogP contribution in [0.4, 0.5) is 5.13 Å². The Morgan fingerprint density at radius 2 is 1.60 bits per heavy atom. The van der Waals surface area contributed by atoms with E-state index in [1.54, 1.807) is 0 Å².